The van der Waals surface area contributed by atoms with Crippen LogP contribution >= 0.6 is 0 Å². The molecule has 1 aromatic carbocycles. The van der Waals surface area contributed by atoms with Crippen molar-refractivity contribution in [2.75, 3.05) is 12.3 Å². The van der Waals surface area contributed by atoms with Gasteiger partial charge in [0.2, 0.25) is 5.91 Å². The topological polar surface area (TPSA) is 117 Å². The second-order valence-electron chi connectivity index (χ2n) is 4.52. The third-order valence-corrected chi connectivity index (χ3v) is 2.93. The van der Waals surface area contributed by atoms with Gasteiger partial charge in [0.1, 0.15) is 12.4 Å². The largest absolute Gasteiger partial charge is 0.447 e. The number of hydrogen-bond acceptors (Lipinski definition) is 5. The van der Waals surface area contributed by atoms with Gasteiger partial charge >= 0.3 is 6.09 Å². The number of rotatable bonds is 3. The predicted molar refractivity (Wildman–Crippen MR) is 73.3 cm³/mol. The summed E-state index contributed by atoms with van der Waals surface area (Å²) in [6.07, 6.45) is 0.395. The molecule has 2 amide bonds. The number of hydrogen-bond donors (Lipinski definition) is 4. The maximum Gasteiger partial charge on any atom is 0.412 e. The number of nitrogens with two attached hydrogens (primary N) is 1. The van der Waals surface area contributed by atoms with Gasteiger partial charge in [-0.15, -0.1) is 0 Å². The van der Waals surface area contributed by atoms with Gasteiger partial charge in [-0.05, 0) is 30.7 Å². The van der Waals surface area contributed by atoms with Crippen LogP contribution in [0, 0.1) is 5.41 Å². The first kappa shape index (κ1) is 13.9. The molecule has 7 nitrogen and oxygen atoms in total. The fourth-order valence-electron chi connectivity index (χ4n) is 1.84. The highest BCUT2D eigenvalue weighted by Gasteiger charge is 2.22. The molecule has 1 atom stereocenters. The van der Waals surface area contributed by atoms with Crippen molar-refractivity contribution in [3.8, 4) is 0 Å². The average Bonchev–Trinajstić information content (AvgIpc) is 2.83. The van der Waals surface area contributed by atoms with Crippen LogP contribution in [0.4, 0.5) is 10.5 Å². The summed E-state index contributed by atoms with van der Waals surface area (Å²) in [7, 11) is 0. The Labute approximate surface area is 116 Å². The molecule has 5 N–H and O–H groups in total. The van der Waals surface area contributed by atoms with E-state index in [1.54, 1.807) is 24.3 Å². The zero-order valence-corrected chi connectivity index (χ0v) is 10.8. The Hall–Kier alpha value is -2.57. The lowest BCUT2D eigenvalue weighted by molar-refractivity contribution is -0.119. The first-order chi connectivity index (χ1) is 9.54. The van der Waals surface area contributed by atoms with Crippen LogP contribution in [0.25, 0.3) is 0 Å². The zero-order valence-electron chi connectivity index (χ0n) is 10.8. The van der Waals surface area contributed by atoms with E-state index in [1.807, 2.05) is 0 Å². The second kappa shape index (κ2) is 6.05. The van der Waals surface area contributed by atoms with Gasteiger partial charge in [0.05, 0.1) is 6.04 Å². The standard InChI is InChI=1S/C13H16N4O3/c14-9-3-1-8(2-4-9)12(15)17-13(19)20-7-10-5-6-11(18)16-10/h1-4,10H,5-7,14H2,(H,16,18)(H2,15,17,19)/t10-/m0/s1. The smallest absolute Gasteiger partial charge is 0.412 e. The number of ether oxygens (including phenoxy) is 1. The lowest BCUT2D eigenvalue weighted by atomic mass is 10.2. The van der Waals surface area contributed by atoms with Crippen LogP contribution in [-0.2, 0) is 9.53 Å². The SMILES string of the molecule is N=C(NC(=O)OC[C@@H]1CCC(=O)N1)c1ccc(N)cc1. The normalized spacial score (nSPS) is 17.4. The van der Waals surface area contributed by atoms with E-state index >= 15 is 0 Å². The summed E-state index contributed by atoms with van der Waals surface area (Å²) in [6, 6.07) is 6.42. The third-order valence-electron chi connectivity index (χ3n) is 2.93. The first-order valence-corrected chi connectivity index (χ1v) is 6.22. The van der Waals surface area contributed by atoms with Gasteiger partial charge in [-0.1, -0.05) is 0 Å². The monoisotopic (exact) mass is 276 g/mol. The zero-order chi connectivity index (χ0) is 14.5. The van der Waals surface area contributed by atoms with Crippen molar-refractivity contribution in [3.05, 3.63) is 29.8 Å². The van der Waals surface area contributed by atoms with Crippen LogP contribution in [0.2, 0.25) is 0 Å². The fraction of sp³-hybridized carbons (Fsp3) is 0.308. The molecular formula is C13H16N4O3. The predicted octanol–water partition coefficient (Wildman–Crippen LogP) is 0.599. The summed E-state index contributed by atoms with van der Waals surface area (Å²) in [5, 5.41) is 12.7. The molecular weight excluding hydrogens is 260 g/mol. The van der Waals surface area contributed by atoms with E-state index in [-0.39, 0.29) is 24.4 Å². The quantitative estimate of drug-likeness (QED) is 0.367. The van der Waals surface area contributed by atoms with Crippen LogP contribution in [0.1, 0.15) is 18.4 Å². The van der Waals surface area contributed by atoms with Gasteiger partial charge in [-0.3, -0.25) is 15.5 Å². The van der Waals surface area contributed by atoms with Crippen molar-refractivity contribution in [1.29, 1.82) is 5.41 Å². The molecule has 1 aliphatic rings. The van der Waals surface area contributed by atoms with Crippen LogP contribution in [0.3, 0.4) is 0 Å². The number of anilines is 1. The molecule has 1 aliphatic heterocycles. The summed E-state index contributed by atoms with van der Waals surface area (Å²) >= 11 is 0. The Bertz CT molecular complexity index is 527. The van der Waals surface area contributed by atoms with Crippen LogP contribution < -0.4 is 16.4 Å². The highest BCUT2D eigenvalue weighted by molar-refractivity contribution is 6.04. The molecule has 7 heteroatoms. The van der Waals surface area contributed by atoms with Crippen molar-refractivity contribution < 1.29 is 14.3 Å². The van der Waals surface area contributed by atoms with Crippen LogP contribution in [-0.4, -0.2) is 30.5 Å². The lowest BCUT2D eigenvalue weighted by Crippen LogP contribution is -2.36. The molecule has 0 unspecified atom stereocenters. The van der Waals surface area contributed by atoms with Gasteiger partial charge in [0.25, 0.3) is 0 Å². The van der Waals surface area contributed by atoms with E-state index in [0.29, 0.717) is 24.1 Å². The van der Waals surface area contributed by atoms with Crippen molar-refractivity contribution in [2.45, 2.75) is 18.9 Å². The summed E-state index contributed by atoms with van der Waals surface area (Å²) in [5.74, 6) is -0.0981. The molecule has 1 aromatic rings. The molecule has 0 aromatic heterocycles. The first-order valence-electron chi connectivity index (χ1n) is 6.22. The highest BCUT2D eigenvalue weighted by atomic mass is 16.5. The Morgan fingerprint density at radius 1 is 1.45 bits per heavy atom. The number of amides is 2. The molecule has 20 heavy (non-hydrogen) atoms. The van der Waals surface area contributed by atoms with Crippen molar-refractivity contribution in [2.24, 2.45) is 0 Å². The van der Waals surface area contributed by atoms with E-state index in [2.05, 4.69) is 10.6 Å². The Morgan fingerprint density at radius 2 is 2.15 bits per heavy atom. The second-order valence-corrected chi connectivity index (χ2v) is 4.52. The number of benzene rings is 1. The number of carbonyl (C=O) groups is 2. The Balaban J connectivity index is 1.77. The van der Waals surface area contributed by atoms with Gasteiger partial charge in [0, 0.05) is 17.7 Å². The van der Waals surface area contributed by atoms with Crippen LogP contribution in [0.15, 0.2) is 24.3 Å². The number of carbonyl (C=O) groups excluding carboxylic acids is 2. The van der Waals surface area contributed by atoms with Crippen molar-refractivity contribution in [3.63, 3.8) is 0 Å². The summed E-state index contributed by atoms with van der Waals surface area (Å²) in [4.78, 5) is 22.5. The van der Waals surface area contributed by atoms with Crippen molar-refractivity contribution in [1.82, 2.24) is 10.6 Å². The summed E-state index contributed by atoms with van der Waals surface area (Å²) in [5.41, 5.74) is 6.66. The Kier molecular flexibility index (Phi) is 4.19. The van der Waals surface area contributed by atoms with E-state index < -0.39 is 6.09 Å². The summed E-state index contributed by atoms with van der Waals surface area (Å²) in [6.45, 7) is 0.104. The van der Waals surface area contributed by atoms with Gasteiger partial charge in [-0.25, -0.2) is 4.79 Å². The fourth-order valence-corrected chi connectivity index (χ4v) is 1.84. The molecule has 1 heterocycles. The minimum atomic E-state index is -0.715. The molecule has 0 saturated carbocycles. The van der Waals surface area contributed by atoms with Gasteiger partial charge in [0.15, 0.2) is 0 Å². The molecule has 0 spiro atoms. The van der Waals surface area contributed by atoms with E-state index in [4.69, 9.17) is 15.9 Å². The molecule has 1 saturated heterocycles. The summed E-state index contributed by atoms with van der Waals surface area (Å²) < 4.78 is 4.96. The minimum absolute atomic E-state index is 0.0337. The maximum atomic E-state index is 11.5. The van der Waals surface area contributed by atoms with Crippen molar-refractivity contribution >= 4 is 23.5 Å². The van der Waals surface area contributed by atoms with E-state index in [1.165, 1.54) is 0 Å². The highest BCUT2D eigenvalue weighted by Crippen LogP contribution is 2.07. The lowest BCUT2D eigenvalue weighted by Gasteiger charge is -2.12. The van der Waals surface area contributed by atoms with Gasteiger partial charge in [-0.2, -0.15) is 0 Å². The third kappa shape index (κ3) is 3.71. The molecule has 0 aliphatic carbocycles. The average molecular weight is 276 g/mol. The molecule has 0 radical (unpaired) electrons. The molecule has 106 valence electrons. The number of amidine groups is 1. The maximum absolute atomic E-state index is 11.5. The van der Waals surface area contributed by atoms with Gasteiger partial charge < -0.3 is 15.8 Å². The Morgan fingerprint density at radius 3 is 2.75 bits per heavy atom. The minimum Gasteiger partial charge on any atom is -0.447 e. The number of nitrogen functional groups attached to an aromatic ring is 1. The van der Waals surface area contributed by atoms with Crippen LogP contribution in [0.5, 0.6) is 0 Å². The number of alkyl carbamates (subject to hydrolysis) is 1. The molecule has 1 fully saturated rings. The van der Waals surface area contributed by atoms with E-state index in [0.717, 1.165) is 0 Å². The molecule has 0 bridgehead atoms. The number of nitrogens with one attached hydrogen (secondary N) is 3. The van der Waals surface area contributed by atoms with E-state index in [9.17, 15) is 9.59 Å². The molecule has 2 rings (SSSR count).